The van der Waals surface area contributed by atoms with Crippen molar-refractivity contribution >= 4 is 35.3 Å². The molecule has 0 radical (unpaired) electrons. The van der Waals surface area contributed by atoms with Crippen molar-refractivity contribution in [1.29, 1.82) is 0 Å². The summed E-state index contributed by atoms with van der Waals surface area (Å²) in [7, 11) is 0. The van der Waals surface area contributed by atoms with Crippen molar-refractivity contribution in [3.63, 3.8) is 0 Å². The first-order chi connectivity index (χ1) is 14.2. The molecule has 6 nitrogen and oxygen atoms in total. The Kier molecular flexibility index (Phi) is 7.26. The topological polar surface area (TPSA) is 59.1 Å². The molecule has 0 N–H and O–H groups in total. The number of piperazine rings is 1. The van der Waals surface area contributed by atoms with Crippen molar-refractivity contribution in [3.8, 4) is 5.75 Å². The van der Waals surface area contributed by atoms with Crippen LogP contribution in [0.4, 0.5) is 0 Å². The SMILES string of the molecule is O=C(COc1ccc(C2SCCCS2)cc1)N1CCN(C(=O)C2CCCO2)CC1. The lowest BCUT2D eigenvalue weighted by Crippen LogP contribution is -2.53. The van der Waals surface area contributed by atoms with Crippen LogP contribution in [-0.4, -0.2) is 78.6 Å². The Morgan fingerprint density at radius 3 is 2.34 bits per heavy atom. The van der Waals surface area contributed by atoms with Crippen LogP contribution in [0.25, 0.3) is 0 Å². The summed E-state index contributed by atoms with van der Waals surface area (Å²) < 4.78 is 11.7. The molecule has 0 bridgehead atoms. The van der Waals surface area contributed by atoms with Gasteiger partial charge in [0.25, 0.3) is 11.8 Å². The Bertz CT molecular complexity index is 695. The molecule has 0 aliphatic carbocycles. The van der Waals surface area contributed by atoms with Crippen molar-refractivity contribution in [2.24, 2.45) is 0 Å². The van der Waals surface area contributed by atoms with Gasteiger partial charge in [-0.15, -0.1) is 23.5 Å². The van der Waals surface area contributed by atoms with Crippen molar-refractivity contribution in [3.05, 3.63) is 29.8 Å². The zero-order chi connectivity index (χ0) is 20.1. The maximum atomic E-state index is 12.5. The Morgan fingerprint density at radius 1 is 1.00 bits per heavy atom. The van der Waals surface area contributed by atoms with Gasteiger partial charge in [-0.1, -0.05) is 12.1 Å². The highest BCUT2D eigenvalue weighted by Gasteiger charge is 2.31. The first-order valence-corrected chi connectivity index (χ1v) is 12.4. The lowest BCUT2D eigenvalue weighted by Gasteiger charge is -2.35. The highest BCUT2D eigenvalue weighted by molar-refractivity contribution is 8.16. The standard InChI is InChI=1S/C21H28N2O4S2/c24-19(22-8-10-23(11-9-22)20(25)18-3-1-12-26-18)15-27-17-6-4-16(5-7-17)21-28-13-2-14-29-21/h4-7,18,21H,1-3,8-15H2. The van der Waals surface area contributed by atoms with Crippen LogP contribution in [0.15, 0.2) is 24.3 Å². The Balaban J connectivity index is 1.20. The second kappa shape index (κ2) is 10.1. The lowest BCUT2D eigenvalue weighted by molar-refractivity contribution is -0.146. The Morgan fingerprint density at radius 2 is 1.69 bits per heavy atom. The van der Waals surface area contributed by atoms with Crippen LogP contribution in [-0.2, 0) is 14.3 Å². The van der Waals surface area contributed by atoms with Crippen LogP contribution in [0.1, 0.15) is 29.4 Å². The smallest absolute Gasteiger partial charge is 0.260 e. The number of hydrogen-bond donors (Lipinski definition) is 0. The average molecular weight is 437 g/mol. The zero-order valence-electron chi connectivity index (χ0n) is 16.6. The molecule has 3 fully saturated rings. The maximum absolute atomic E-state index is 12.5. The van der Waals surface area contributed by atoms with Gasteiger partial charge in [-0.3, -0.25) is 9.59 Å². The summed E-state index contributed by atoms with van der Waals surface area (Å²) >= 11 is 3.99. The molecule has 3 aliphatic heterocycles. The summed E-state index contributed by atoms with van der Waals surface area (Å²) in [6.45, 7) is 2.94. The molecule has 0 spiro atoms. The summed E-state index contributed by atoms with van der Waals surface area (Å²) in [6, 6.07) is 8.11. The number of thioether (sulfide) groups is 2. The van der Waals surface area contributed by atoms with Crippen LogP contribution >= 0.6 is 23.5 Å². The number of amides is 2. The fraction of sp³-hybridized carbons (Fsp3) is 0.619. The quantitative estimate of drug-likeness (QED) is 0.708. The van der Waals surface area contributed by atoms with Crippen LogP contribution in [0.5, 0.6) is 5.75 Å². The largest absolute Gasteiger partial charge is 0.484 e. The van der Waals surface area contributed by atoms with Gasteiger partial charge in [-0.05, 0) is 48.5 Å². The van der Waals surface area contributed by atoms with Gasteiger partial charge in [0.1, 0.15) is 11.9 Å². The Labute approximate surface area is 180 Å². The number of ether oxygens (including phenoxy) is 2. The van der Waals surface area contributed by atoms with Gasteiger partial charge < -0.3 is 19.3 Å². The second-order valence-corrected chi connectivity index (χ2v) is 10.2. The molecule has 4 rings (SSSR count). The number of rotatable bonds is 5. The monoisotopic (exact) mass is 436 g/mol. The minimum Gasteiger partial charge on any atom is -0.484 e. The minimum absolute atomic E-state index is 0.0308. The summed E-state index contributed by atoms with van der Waals surface area (Å²) in [5.74, 6) is 3.20. The molecule has 1 atom stereocenters. The van der Waals surface area contributed by atoms with Crippen LogP contribution in [0, 0.1) is 0 Å². The lowest BCUT2D eigenvalue weighted by atomic mass is 10.2. The van der Waals surface area contributed by atoms with E-state index in [-0.39, 0.29) is 24.5 Å². The van der Waals surface area contributed by atoms with Crippen molar-refractivity contribution in [1.82, 2.24) is 9.80 Å². The third-order valence-electron chi connectivity index (χ3n) is 5.49. The predicted molar refractivity (Wildman–Crippen MR) is 116 cm³/mol. The van der Waals surface area contributed by atoms with E-state index in [0.29, 0.717) is 37.4 Å². The van der Waals surface area contributed by atoms with E-state index < -0.39 is 0 Å². The fourth-order valence-corrected chi connectivity index (χ4v) is 6.68. The van der Waals surface area contributed by atoms with Gasteiger partial charge in [0.15, 0.2) is 6.61 Å². The van der Waals surface area contributed by atoms with Gasteiger partial charge in [0.2, 0.25) is 0 Å². The highest BCUT2D eigenvalue weighted by Crippen LogP contribution is 2.43. The molecule has 1 aromatic carbocycles. The molecule has 3 heterocycles. The van der Waals surface area contributed by atoms with Gasteiger partial charge in [0, 0.05) is 32.8 Å². The van der Waals surface area contributed by atoms with E-state index in [4.69, 9.17) is 9.47 Å². The van der Waals surface area contributed by atoms with E-state index in [1.165, 1.54) is 23.5 Å². The molecular formula is C21H28N2O4S2. The molecule has 3 saturated heterocycles. The maximum Gasteiger partial charge on any atom is 0.260 e. The van der Waals surface area contributed by atoms with Gasteiger partial charge >= 0.3 is 0 Å². The van der Waals surface area contributed by atoms with Crippen molar-refractivity contribution < 1.29 is 19.1 Å². The molecule has 0 saturated carbocycles. The van der Waals surface area contributed by atoms with Crippen LogP contribution in [0.2, 0.25) is 0 Å². The molecule has 29 heavy (non-hydrogen) atoms. The normalized spacial score (nSPS) is 23.2. The number of hydrogen-bond acceptors (Lipinski definition) is 6. The summed E-state index contributed by atoms with van der Waals surface area (Å²) in [4.78, 5) is 28.5. The van der Waals surface area contributed by atoms with Gasteiger partial charge in [-0.25, -0.2) is 0 Å². The number of nitrogens with zero attached hydrogens (tertiary/aromatic N) is 2. The number of benzene rings is 1. The van der Waals surface area contributed by atoms with Gasteiger partial charge in [0.05, 0.1) is 4.58 Å². The summed E-state index contributed by atoms with van der Waals surface area (Å²) in [5.41, 5.74) is 1.31. The first kappa shape index (κ1) is 20.9. The van der Waals surface area contributed by atoms with E-state index >= 15 is 0 Å². The molecule has 1 aromatic rings. The third-order valence-corrected chi connectivity index (χ3v) is 8.51. The molecule has 2 amide bonds. The first-order valence-electron chi connectivity index (χ1n) is 10.3. The predicted octanol–water partition coefficient (Wildman–Crippen LogP) is 2.78. The molecule has 8 heteroatoms. The van der Waals surface area contributed by atoms with E-state index in [1.807, 2.05) is 40.6 Å². The summed E-state index contributed by atoms with van der Waals surface area (Å²) in [5, 5.41) is 0. The molecule has 1 unspecified atom stereocenters. The van der Waals surface area contributed by atoms with Crippen molar-refractivity contribution in [2.45, 2.75) is 29.9 Å². The average Bonchev–Trinajstić information content (AvgIpc) is 3.33. The highest BCUT2D eigenvalue weighted by atomic mass is 32.2. The number of carbonyl (C=O) groups is 2. The summed E-state index contributed by atoms with van der Waals surface area (Å²) in [6.07, 6.45) is 2.76. The third kappa shape index (κ3) is 5.41. The van der Waals surface area contributed by atoms with Crippen LogP contribution in [0.3, 0.4) is 0 Å². The number of carbonyl (C=O) groups excluding carboxylic acids is 2. The van der Waals surface area contributed by atoms with E-state index in [2.05, 4.69) is 12.1 Å². The zero-order valence-corrected chi connectivity index (χ0v) is 18.2. The molecular weight excluding hydrogens is 408 g/mol. The fourth-order valence-electron chi connectivity index (χ4n) is 3.79. The Hall–Kier alpha value is -1.38. The molecule has 0 aromatic heterocycles. The minimum atomic E-state index is -0.283. The second-order valence-electron chi connectivity index (χ2n) is 7.49. The van der Waals surface area contributed by atoms with Gasteiger partial charge in [-0.2, -0.15) is 0 Å². The molecule has 158 valence electrons. The van der Waals surface area contributed by atoms with E-state index in [9.17, 15) is 9.59 Å². The molecule has 3 aliphatic rings. The van der Waals surface area contributed by atoms with Crippen LogP contribution < -0.4 is 4.74 Å². The van der Waals surface area contributed by atoms with E-state index in [0.717, 1.165) is 18.6 Å². The van der Waals surface area contributed by atoms with E-state index in [1.54, 1.807) is 4.90 Å². The van der Waals surface area contributed by atoms with Crippen molar-refractivity contribution in [2.75, 3.05) is 50.9 Å².